The Morgan fingerprint density at radius 1 is 1.39 bits per heavy atom. The number of nitrogens with two attached hydrogens (primary N) is 1. The summed E-state index contributed by atoms with van der Waals surface area (Å²) in [5.74, 6) is 6.43. The summed E-state index contributed by atoms with van der Waals surface area (Å²) >= 11 is 0. The zero-order chi connectivity index (χ0) is 13.0. The first-order valence-corrected chi connectivity index (χ1v) is 5.77. The average molecular weight is 250 g/mol. The molecule has 98 valence electrons. The summed E-state index contributed by atoms with van der Waals surface area (Å²) in [6.45, 7) is 1.86. The van der Waals surface area contributed by atoms with Crippen LogP contribution in [0.4, 0.5) is 11.8 Å². The minimum atomic E-state index is 0.363. The van der Waals surface area contributed by atoms with Gasteiger partial charge in [-0.3, -0.25) is 10.5 Å². The standard InChI is InChI=1S/C10H18N8/c1-18(2)5-3-4-12-8-7-6-13-17-9(7)15-10(14-8)16-11/h6H,3-5,11H2,1-2H3,(H3,12,13,14,15,16,17). The Morgan fingerprint density at radius 3 is 2.94 bits per heavy atom. The summed E-state index contributed by atoms with van der Waals surface area (Å²) in [5.41, 5.74) is 3.10. The molecule has 0 fully saturated rings. The Balaban J connectivity index is 2.08. The van der Waals surface area contributed by atoms with Gasteiger partial charge in [-0.2, -0.15) is 15.1 Å². The van der Waals surface area contributed by atoms with Gasteiger partial charge in [-0.15, -0.1) is 0 Å². The van der Waals surface area contributed by atoms with Gasteiger partial charge >= 0.3 is 0 Å². The number of anilines is 2. The Labute approximate surface area is 105 Å². The Hall–Kier alpha value is -1.93. The number of hydrogen-bond donors (Lipinski definition) is 4. The van der Waals surface area contributed by atoms with Crippen LogP contribution in [0.5, 0.6) is 0 Å². The first kappa shape index (κ1) is 12.5. The van der Waals surface area contributed by atoms with Gasteiger partial charge in [0.15, 0.2) is 5.65 Å². The van der Waals surface area contributed by atoms with Crippen molar-refractivity contribution in [3.63, 3.8) is 0 Å². The Kier molecular flexibility index (Phi) is 3.90. The second-order valence-electron chi connectivity index (χ2n) is 4.26. The Morgan fingerprint density at radius 2 is 2.22 bits per heavy atom. The van der Waals surface area contributed by atoms with E-state index in [0.717, 1.165) is 30.7 Å². The number of hydrogen-bond acceptors (Lipinski definition) is 7. The van der Waals surface area contributed by atoms with Crippen molar-refractivity contribution < 1.29 is 0 Å². The molecule has 0 aliphatic heterocycles. The number of nitrogens with one attached hydrogen (secondary N) is 3. The quantitative estimate of drug-likeness (QED) is 0.325. The number of fused-ring (bicyclic) bond motifs is 1. The van der Waals surface area contributed by atoms with E-state index in [1.54, 1.807) is 6.20 Å². The molecule has 2 aromatic heterocycles. The molecule has 0 atom stereocenters. The zero-order valence-corrected chi connectivity index (χ0v) is 10.6. The normalized spacial score (nSPS) is 11.1. The molecular weight excluding hydrogens is 232 g/mol. The molecule has 8 nitrogen and oxygen atoms in total. The second-order valence-corrected chi connectivity index (χ2v) is 4.26. The van der Waals surface area contributed by atoms with Crippen LogP contribution in [-0.2, 0) is 0 Å². The van der Waals surface area contributed by atoms with E-state index in [-0.39, 0.29) is 0 Å². The molecule has 0 amide bonds. The van der Waals surface area contributed by atoms with Gasteiger partial charge < -0.3 is 10.2 Å². The Bertz CT molecular complexity index is 506. The van der Waals surface area contributed by atoms with Gasteiger partial charge in [0.2, 0.25) is 5.95 Å². The van der Waals surface area contributed by atoms with Crippen molar-refractivity contribution in [3.05, 3.63) is 6.20 Å². The van der Waals surface area contributed by atoms with Crippen molar-refractivity contribution >= 4 is 22.8 Å². The number of H-pyrrole nitrogens is 1. The predicted molar refractivity (Wildman–Crippen MR) is 71.2 cm³/mol. The van der Waals surface area contributed by atoms with E-state index in [2.05, 4.69) is 49.9 Å². The molecule has 0 aliphatic rings. The third kappa shape index (κ3) is 2.84. The fraction of sp³-hybridized carbons (Fsp3) is 0.500. The van der Waals surface area contributed by atoms with E-state index in [4.69, 9.17) is 5.84 Å². The van der Waals surface area contributed by atoms with Crippen molar-refractivity contribution in [1.82, 2.24) is 25.1 Å². The van der Waals surface area contributed by atoms with E-state index >= 15 is 0 Å². The van der Waals surface area contributed by atoms with E-state index in [1.165, 1.54) is 0 Å². The fourth-order valence-corrected chi connectivity index (χ4v) is 1.64. The first-order valence-electron chi connectivity index (χ1n) is 5.77. The number of rotatable bonds is 6. The smallest absolute Gasteiger partial charge is 0.241 e. The lowest BCUT2D eigenvalue weighted by atomic mass is 10.3. The van der Waals surface area contributed by atoms with Crippen LogP contribution in [0.15, 0.2) is 6.20 Å². The van der Waals surface area contributed by atoms with Crippen molar-refractivity contribution in [2.75, 3.05) is 37.9 Å². The fourth-order valence-electron chi connectivity index (χ4n) is 1.64. The van der Waals surface area contributed by atoms with Gasteiger partial charge in [0.25, 0.3) is 0 Å². The molecule has 0 unspecified atom stereocenters. The van der Waals surface area contributed by atoms with Crippen LogP contribution < -0.4 is 16.6 Å². The van der Waals surface area contributed by atoms with Gasteiger partial charge in [0, 0.05) is 6.54 Å². The van der Waals surface area contributed by atoms with Crippen LogP contribution in [0.1, 0.15) is 6.42 Å². The van der Waals surface area contributed by atoms with Crippen molar-refractivity contribution in [2.24, 2.45) is 5.84 Å². The van der Waals surface area contributed by atoms with Crippen LogP contribution in [0.25, 0.3) is 11.0 Å². The molecule has 0 spiro atoms. The lowest BCUT2D eigenvalue weighted by molar-refractivity contribution is 0.405. The van der Waals surface area contributed by atoms with Crippen LogP contribution in [0.2, 0.25) is 0 Å². The minimum Gasteiger partial charge on any atom is -0.369 e. The first-order chi connectivity index (χ1) is 8.70. The molecule has 2 heterocycles. The van der Waals surface area contributed by atoms with Gasteiger partial charge in [0.05, 0.1) is 11.6 Å². The number of nitrogens with zero attached hydrogens (tertiary/aromatic N) is 4. The maximum absolute atomic E-state index is 5.33. The molecule has 0 saturated carbocycles. The van der Waals surface area contributed by atoms with E-state index in [1.807, 2.05) is 0 Å². The average Bonchev–Trinajstić information content (AvgIpc) is 2.82. The SMILES string of the molecule is CN(C)CCCNc1nc(NN)nc2[nH]ncc12. The van der Waals surface area contributed by atoms with Crippen LogP contribution >= 0.6 is 0 Å². The van der Waals surface area contributed by atoms with Crippen LogP contribution in [-0.4, -0.2) is 52.3 Å². The van der Waals surface area contributed by atoms with E-state index in [9.17, 15) is 0 Å². The van der Waals surface area contributed by atoms with Gasteiger partial charge in [0.1, 0.15) is 5.82 Å². The summed E-state index contributed by atoms with van der Waals surface area (Å²) in [6.07, 6.45) is 2.73. The summed E-state index contributed by atoms with van der Waals surface area (Å²) in [5, 5.41) is 10.9. The zero-order valence-electron chi connectivity index (χ0n) is 10.6. The van der Waals surface area contributed by atoms with Crippen molar-refractivity contribution in [2.45, 2.75) is 6.42 Å². The topological polar surface area (TPSA) is 108 Å². The van der Waals surface area contributed by atoms with E-state index in [0.29, 0.717) is 11.6 Å². The third-order valence-corrected chi connectivity index (χ3v) is 2.51. The molecule has 8 heteroatoms. The molecule has 0 aliphatic carbocycles. The molecule has 0 saturated heterocycles. The molecule has 2 aromatic rings. The molecular formula is C10H18N8. The molecule has 0 radical (unpaired) electrons. The highest BCUT2D eigenvalue weighted by molar-refractivity contribution is 5.86. The molecule has 0 bridgehead atoms. The number of hydrazine groups is 1. The lowest BCUT2D eigenvalue weighted by Crippen LogP contribution is -2.17. The number of aromatic amines is 1. The van der Waals surface area contributed by atoms with Crippen LogP contribution in [0, 0.1) is 0 Å². The lowest BCUT2D eigenvalue weighted by Gasteiger charge is -2.11. The van der Waals surface area contributed by atoms with Gasteiger partial charge in [-0.05, 0) is 27.1 Å². The maximum Gasteiger partial charge on any atom is 0.241 e. The molecule has 2 rings (SSSR count). The summed E-state index contributed by atoms with van der Waals surface area (Å²) < 4.78 is 0. The molecule has 18 heavy (non-hydrogen) atoms. The number of nitrogen functional groups attached to an aromatic ring is 1. The number of aromatic nitrogens is 4. The highest BCUT2D eigenvalue weighted by atomic mass is 15.3. The van der Waals surface area contributed by atoms with Crippen molar-refractivity contribution in [1.29, 1.82) is 0 Å². The van der Waals surface area contributed by atoms with Gasteiger partial charge in [-0.25, -0.2) is 5.84 Å². The monoisotopic (exact) mass is 250 g/mol. The maximum atomic E-state index is 5.33. The summed E-state index contributed by atoms with van der Waals surface area (Å²) in [4.78, 5) is 10.6. The minimum absolute atomic E-state index is 0.363. The molecule has 5 N–H and O–H groups in total. The van der Waals surface area contributed by atoms with Crippen LogP contribution in [0.3, 0.4) is 0 Å². The highest BCUT2D eigenvalue weighted by Crippen LogP contribution is 2.19. The third-order valence-electron chi connectivity index (χ3n) is 2.51. The van der Waals surface area contributed by atoms with E-state index < -0.39 is 0 Å². The second kappa shape index (κ2) is 5.61. The summed E-state index contributed by atoms with van der Waals surface area (Å²) in [7, 11) is 4.10. The van der Waals surface area contributed by atoms with Gasteiger partial charge in [-0.1, -0.05) is 0 Å². The largest absolute Gasteiger partial charge is 0.369 e. The highest BCUT2D eigenvalue weighted by Gasteiger charge is 2.08. The molecule has 0 aromatic carbocycles. The predicted octanol–water partition coefficient (Wildman–Crippen LogP) is 0.00210. The van der Waals surface area contributed by atoms with Crippen molar-refractivity contribution in [3.8, 4) is 0 Å². The summed E-state index contributed by atoms with van der Waals surface area (Å²) in [6, 6.07) is 0.